The lowest BCUT2D eigenvalue weighted by molar-refractivity contribution is -0.162. The first-order chi connectivity index (χ1) is 10.7. The molecule has 0 unspecified atom stereocenters. The minimum Gasteiger partial charge on any atom is -0.461 e. The quantitative estimate of drug-likeness (QED) is 0.709. The molecule has 0 fully saturated rings. The lowest BCUT2D eigenvalue weighted by atomic mass is 9.94. The van der Waals surface area contributed by atoms with Gasteiger partial charge in [0.1, 0.15) is 12.2 Å². The zero-order valence-corrected chi connectivity index (χ0v) is 14.8. The molecule has 0 aliphatic rings. The molecule has 1 aromatic rings. The van der Waals surface area contributed by atoms with Gasteiger partial charge in [-0.15, -0.1) is 0 Å². The maximum Gasteiger partial charge on any atom is 0.309 e. The van der Waals surface area contributed by atoms with Crippen molar-refractivity contribution in [2.45, 2.75) is 59.7 Å². The number of ether oxygens (including phenoxy) is 2. The average Bonchev–Trinajstić information content (AvgIpc) is 2.42. The molecule has 0 radical (unpaired) electrons. The number of carbonyl (C=O) groups excluding carboxylic acids is 2. The highest BCUT2D eigenvalue weighted by Gasteiger charge is 2.27. The molecule has 0 bridgehead atoms. The van der Waals surface area contributed by atoms with E-state index in [0.29, 0.717) is 12.3 Å². The van der Waals surface area contributed by atoms with Crippen molar-refractivity contribution in [1.82, 2.24) is 0 Å². The molecule has 23 heavy (non-hydrogen) atoms. The Morgan fingerprint density at radius 3 is 2.22 bits per heavy atom. The minimum absolute atomic E-state index is 0.0586. The van der Waals surface area contributed by atoms with Crippen LogP contribution in [-0.4, -0.2) is 17.5 Å². The highest BCUT2D eigenvalue weighted by Crippen LogP contribution is 2.20. The summed E-state index contributed by atoms with van der Waals surface area (Å²) in [6.45, 7) is 9.71. The minimum atomic E-state index is -0.548. The van der Waals surface area contributed by atoms with Gasteiger partial charge in [-0.25, -0.2) is 0 Å². The van der Waals surface area contributed by atoms with Gasteiger partial charge in [-0.2, -0.15) is 0 Å². The number of esters is 2. The summed E-state index contributed by atoms with van der Waals surface area (Å²) in [6, 6.07) is 9.51. The molecule has 4 nitrogen and oxygen atoms in total. The van der Waals surface area contributed by atoms with Gasteiger partial charge in [-0.1, -0.05) is 44.2 Å². The van der Waals surface area contributed by atoms with Gasteiger partial charge < -0.3 is 9.47 Å². The van der Waals surface area contributed by atoms with Crippen LogP contribution >= 0.6 is 0 Å². The molecule has 1 atom stereocenters. The molecule has 1 rings (SSSR count). The van der Waals surface area contributed by atoms with Crippen LogP contribution in [0.15, 0.2) is 30.3 Å². The van der Waals surface area contributed by atoms with Gasteiger partial charge in [0.05, 0.1) is 12.3 Å². The molecule has 0 saturated carbocycles. The molecule has 1 aromatic carbocycles. The SMILES string of the molecule is CC(C)C[C@H](CC(=O)OC(C)(C)C)C(=O)OCc1ccccc1. The van der Waals surface area contributed by atoms with E-state index in [4.69, 9.17) is 9.47 Å². The van der Waals surface area contributed by atoms with Crippen LogP contribution in [0, 0.1) is 11.8 Å². The van der Waals surface area contributed by atoms with E-state index < -0.39 is 11.5 Å². The van der Waals surface area contributed by atoms with Crippen molar-refractivity contribution in [2.24, 2.45) is 11.8 Å². The van der Waals surface area contributed by atoms with E-state index in [-0.39, 0.29) is 25.0 Å². The summed E-state index contributed by atoms with van der Waals surface area (Å²) in [4.78, 5) is 24.3. The maximum atomic E-state index is 12.3. The molecule has 4 heteroatoms. The van der Waals surface area contributed by atoms with Crippen LogP contribution in [0.4, 0.5) is 0 Å². The van der Waals surface area contributed by atoms with Crippen LogP contribution in [-0.2, 0) is 25.7 Å². The Morgan fingerprint density at radius 2 is 1.70 bits per heavy atom. The van der Waals surface area contributed by atoms with E-state index in [1.807, 2.05) is 65.0 Å². The molecule has 0 aliphatic carbocycles. The second-order valence-corrected chi connectivity index (χ2v) is 7.21. The lowest BCUT2D eigenvalue weighted by Crippen LogP contribution is -2.28. The Kier molecular flexibility index (Phi) is 7.27. The summed E-state index contributed by atoms with van der Waals surface area (Å²) in [7, 11) is 0. The number of hydrogen-bond acceptors (Lipinski definition) is 4. The van der Waals surface area contributed by atoms with E-state index >= 15 is 0 Å². The Bertz CT molecular complexity index is 500. The second-order valence-electron chi connectivity index (χ2n) is 7.21. The highest BCUT2D eigenvalue weighted by molar-refractivity contribution is 5.80. The molecular formula is C19H28O4. The van der Waals surface area contributed by atoms with Gasteiger partial charge in [0.25, 0.3) is 0 Å². The molecular weight excluding hydrogens is 292 g/mol. The Labute approximate surface area is 139 Å². The van der Waals surface area contributed by atoms with Crippen molar-refractivity contribution in [2.75, 3.05) is 0 Å². The Hall–Kier alpha value is -1.84. The zero-order valence-electron chi connectivity index (χ0n) is 14.8. The number of carbonyl (C=O) groups is 2. The summed E-state index contributed by atoms with van der Waals surface area (Å²) < 4.78 is 10.7. The van der Waals surface area contributed by atoms with Crippen LogP contribution in [0.2, 0.25) is 0 Å². The van der Waals surface area contributed by atoms with Crippen molar-refractivity contribution in [3.8, 4) is 0 Å². The second kappa shape index (κ2) is 8.70. The summed E-state index contributed by atoms with van der Waals surface area (Å²) in [5.41, 5.74) is 0.384. The van der Waals surface area contributed by atoms with Crippen molar-refractivity contribution in [3.05, 3.63) is 35.9 Å². The maximum absolute atomic E-state index is 12.3. The number of benzene rings is 1. The van der Waals surface area contributed by atoms with Gasteiger partial charge in [0.15, 0.2) is 0 Å². The fourth-order valence-corrected chi connectivity index (χ4v) is 2.26. The summed E-state index contributed by atoms with van der Waals surface area (Å²) >= 11 is 0. The van der Waals surface area contributed by atoms with Crippen molar-refractivity contribution in [1.29, 1.82) is 0 Å². The molecule has 0 saturated heterocycles. The third kappa shape index (κ3) is 8.38. The first kappa shape index (κ1) is 19.2. The third-order valence-corrected chi connectivity index (χ3v) is 3.15. The fourth-order valence-electron chi connectivity index (χ4n) is 2.26. The van der Waals surface area contributed by atoms with E-state index in [9.17, 15) is 9.59 Å². The molecule has 0 heterocycles. The van der Waals surface area contributed by atoms with Gasteiger partial charge in [-0.05, 0) is 38.7 Å². The van der Waals surface area contributed by atoms with E-state index in [1.54, 1.807) is 0 Å². The predicted molar refractivity (Wildman–Crippen MR) is 89.6 cm³/mol. The highest BCUT2D eigenvalue weighted by atomic mass is 16.6. The van der Waals surface area contributed by atoms with Crippen LogP contribution in [0.25, 0.3) is 0 Å². The monoisotopic (exact) mass is 320 g/mol. The Balaban J connectivity index is 2.61. The third-order valence-electron chi connectivity index (χ3n) is 3.15. The average molecular weight is 320 g/mol. The lowest BCUT2D eigenvalue weighted by Gasteiger charge is -2.22. The molecule has 0 aliphatic heterocycles. The number of rotatable bonds is 7. The first-order valence-corrected chi connectivity index (χ1v) is 8.10. The van der Waals surface area contributed by atoms with Crippen LogP contribution in [0.1, 0.15) is 53.0 Å². The van der Waals surface area contributed by atoms with Gasteiger partial charge in [0, 0.05) is 0 Å². The standard InChI is InChI=1S/C19H28O4/c1-14(2)11-16(12-17(20)23-19(3,4)5)18(21)22-13-15-9-7-6-8-10-15/h6-10,14,16H,11-13H2,1-5H3/t16-/m1/s1. The van der Waals surface area contributed by atoms with Gasteiger partial charge in [-0.3, -0.25) is 9.59 Å². The summed E-state index contributed by atoms with van der Waals surface area (Å²) in [5, 5.41) is 0. The van der Waals surface area contributed by atoms with Crippen LogP contribution < -0.4 is 0 Å². The van der Waals surface area contributed by atoms with E-state index in [0.717, 1.165) is 5.56 Å². The van der Waals surface area contributed by atoms with Crippen molar-refractivity contribution >= 4 is 11.9 Å². The molecule has 128 valence electrons. The zero-order chi connectivity index (χ0) is 17.5. The first-order valence-electron chi connectivity index (χ1n) is 8.10. The van der Waals surface area contributed by atoms with Crippen LogP contribution in [0.5, 0.6) is 0 Å². The smallest absolute Gasteiger partial charge is 0.309 e. The van der Waals surface area contributed by atoms with Crippen LogP contribution in [0.3, 0.4) is 0 Å². The summed E-state index contributed by atoms with van der Waals surface area (Å²) in [5.74, 6) is -0.867. The molecule has 0 spiro atoms. The van der Waals surface area contributed by atoms with Crippen molar-refractivity contribution < 1.29 is 19.1 Å². The van der Waals surface area contributed by atoms with Gasteiger partial charge >= 0.3 is 11.9 Å². The number of hydrogen-bond donors (Lipinski definition) is 0. The van der Waals surface area contributed by atoms with Gasteiger partial charge in [0.2, 0.25) is 0 Å². The topological polar surface area (TPSA) is 52.6 Å². The molecule has 0 amide bonds. The largest absolute Gasteiger partial charge is 0.461 e. The van der Waals surface area contributed by atoms with Crippen molar-refractivity contribution in [3.63, 3.8) is 0 Å². The molecule has 0 aromatic heterocycles. The predicted octanol–water partition coefficient (Wildman–Crippen LogP) is 4.12. The van der Waals surface area contributed by atoms with E-state index in [2.05, 4.69) is 0 Å². The Morgan fingerprint density at radius 1 is 1.09 bits per heavy atom. The fraction of sp³-hybridized carbons (Fsp3) is 0.579. The van der Waals surface area contributed by atoms with E-state index in [1.165, 1.54) is 0 Å². The summed E-state index contributed by atoms with van der Waals surface area (Å²) in [6.07, 6.45) is 0.663. The normalized spacial score (nSPS) is 12.8. The molecule has 0 N–H and O–H groups in total.